The Bertz CT molecular complexity index is 519. The number of carbonyl (C=O) groups excluding carboxylic acids is 1. The van der Waals surface area contributed by atoms with Crippen molar-refractivity contribution in [3.05, 3.63) is 47.3 Å². The molecule has 0 spiro atoms. The van der Waals surface area contributed by atoms with E-state index in [1.165, 1.54) is 18.0 Å². The number of nitrogens with zero attached hydrogens (tertiary/aromatic N) is 1. The Morgan fingerprint density at radius 3 is 2.53 bits per heavy atom. The van der Waals surface area contributed by atoms with Gasteiger partial charge < -0.3 is 16.8 Å². The molecule has 2 rings (SSSR count). The fourth-order valence-electron chi connectivity index (χ4n) is 1.94. The smallest absolute Gasteiger partial charge is 0.255 e. The van der Waals surface area contributed by atoms with Crippen molar-refractivity contribution in [2.75, 3.05) is 7.05 Å². The molecule has 5 heteroatoms. The fourth-order valence-corrected chi connectivity index (χ4v) is 1.94. The van der Waals surface area contributed by atoms with E-state index in [9.17, 15) is 4.79 Å². The first kappa shape index (κ1) is 13.3. The van der Waals surface area contributed by atoms with Gasteiger partial charge in [-0.05, 0) is 24.1 Å². The van der Waals surface area contributed by atoms with Crippen LogP contribution >= 0.6 is 0 Å². The molecule has 0 heterocycles. The third-order valence-electron chi connectivity index (χ3n) is 3.15. The monoisotopic (exact) mass is 258 g/mol. The van der Waals surface area contributed by atoms with Crippen LogP contribution in [0.1, 0.15) is 28.3 Å². The van der Waals surface area contributed by atoms with Gasteiger partial charge in [0.05, 0.1) is 5.70 Å². The number of aliphatic imine (C=N–C) groups is 1. The van der Waals surface area contributed by atoms with Crippen molar-refractivity contribution in [2.24, 2.45) is 16.5 Å². The van der Waals surface area contributed by atoms with Crippen molar-refractivity contribution in [3.8, 4) is 0 Å². The van der Waals surface area contributed by atoms with E-state index >= 15 is 0 Å². The van der Waals surface area contributed by atoms with Crippen molar-refractivity contribution in [1.29, 1.82) is 0 Å². The third kappa shape index (κ3) is 3.20. The van der Waals surface area contributed by atoms with Gasteiger partial charge in [-0.1, -0.05) is 12.1 Å². The molecule has 1 aliphatic carbocycles. The second-order valence-corrected chi connectivity index (χ2v) is 4.59. The van der Waals surface area contributed by atoms with Crippen LogP contribution in [-0.4, -0.2) is 25.2 Å². The van der Waals surface area contributed by atoms with E-state index < -0.39 is 0 Å². The lowest BCUT2D eigenvalue weighted by Gasteiger charge is -2.06. The molecule has 1 aromatic rings. The van der Waals surface area contributed by atoms with Gasteiger partial charge in [0.25, 0.3) is 5.91 Å². The molecule has 0 aliphatic heterocycles. The Morgan fingerprint density at radius 2 is 2.05 bits per heavy atom. The van der Waals surface area contributed by atoms with Crippen molar-refractivity contribution < 1.29 is 4.79 Å². The lowest BCUT2D eigenvalue weighted by atomic mass is 10.1. The first-order valence-corrected chi connectivity index (χ1v) is 6.16. The molecule has 1 amide bonds. The molecule has 1 fully saturated rings. The maximum atomic E-state index is 12.0. The molecule has 0 aromatic heterocycles. The summed E-state index contributed by atoms with van der Waals surface area (Å²) in [6.07, 6.45) is 3.83. The lowest BCUT2D eigenvalue weighted by molar-refractivity contribution is 0.0968. The summed E-state index contributed by atoms with van der Waals surface area (Å²) in [5.74, 6) is 0.243. The maximum absolute atomic E-state index is 12.0. The van der Waals surface area contributed by atoms with Crippen LogP contribution in [-0.2, 0) is 0 Å². The molecule has 0 bridgehead atoms. The van der Waals surface area contributed by atoms with Crippen LogP contribution in [0.25, 0.3) is 0 Å². The molecule has 2 atom stereocenters. The summed E-state index contributed by atoms with van der Waals surface area (Å²) in [6, 6.07) is 7.77. The van der Waals surface area contributed by atoms with Crippen LogP contribution in [0.5, 0.6) is 0 Å². The van der Waals surface area contributed by atoms with Crippen LogP contribution in [0.2, 0.25) is 0 Å². The van der Waals surface area contributed by atoms with Gasteiger partial charge >= 0.3 is 0 Å². The van der Waals surface area contributed by atoms with E-state index in [2.05, 4.69) is 10.3 Å². The molecule has 0 radical (unpaired) electrons. The number of benzene rings is 1. The number of carbonyl (C=O) groups is 1. The highest BCUT2D eigenvalue weighted by Gasteiger charge is 2.34. The molecule has 1 aliphatic rings. The SMILES string of the molecule is CN=CC(=CN)NC(=O)c1ccc(C2CC2N)cc1. The molecule has 100 valence electrons. The molecular weight excluding hydrogens is 240 g/mol. The normalized spacial score (nSPS) is 22.5. The fraction of sp³-hybridized carbons (Fsp3) is 0.286. The molecule has 0 saturated heterocycles. The molecule has 5 N–H and O–H groups in total. The zero-order chi connectivity index (χ0) is 13.8. The van der Waals surface area contributed by atoms with E-state index in [0.29, 0.717) is 17.2 Å². The second-order valence-electron chi connectivity index (χ2n) is 4.59. The number of amides is 1. The Kier molecular flexibility index (Phi) is 3.97. The summed E-state index contributed by atoms with van der Waals surface area (Å²) in [4.78, 5) is 15.8. The first-order chi connectivity index (χ1) is 9.15. The number of rotatable bonds is 4. The largest absolute Gasteiger partial charge is 0.403 e. The van der Waals surface area contributed by atoms with Gasteiger partial charge in [-0.3, -0.25) is 9.79 Å². The van der Waals surface area contributed by atoms with Crippen molar-refractivity contribution >= 4 is 12.1 Å². The predicted octanol–water partition coefficient (Wildman–Crippen LogP) is 0.732. The quantitative estimate of drug-likeness (QED) is 0.695. The topological polar surface area (TPSA) is 93.5 Å². The van der Waals surface area contributed by atoms with Gasteiger partial charge in [-0.2, -0.15) is 0 Å². The Balaban J connectivity index is 2.03. The van der Waals surface area contributed by atoms with Crippen LogP contribution < -0.4 is 16.8 Å². The Hall–Kier alpha value is -2.14. The van der Waals surface area contributed by atoms with Crippen LogP contribution in [0.4, 0.5) is 0 Å². The van der Waals surface area contributed by atoms with E-state index in [0.717, 1.165) is 6.42 Å². The zero-order valence-corrected chi connectivity index (χ0v) is 10.8. The first-order valence-electron chi connectivity index (χ1n) is 6.16. The zero-order valence-electron chi connectivity index (χ0n) is 10.8. The van der Waals surface area contributed by atoms with Crippen LogP contribution in [0.15, 0.2) is 41.2 Å². The minimum atomic E-state index is -0.205. The number of hydrogen-bond donors (Lipinski definition) is 3. The molecule has 1 aromatic carbocycles. The summed E-state index contributed by atoms with van der Waals surface area (Å²) in [5.41, 5.74) is 13.4. The molecular formula is C14H18N4O. The molecule has 5 nitrogen and oxygen atoms in total. The minimum Gasteiger partial charge on any atom is -0.403 e. The van der Waals surface area contributed by atoms with Gasteiger partial charge in [0.2, 0.25) is 0 Å². The van der Waals surface area contributed by atoms with Gasteiger partial charge in [-0.15, -0.1) is 0 Å². The van der Waals surface area contributed by atoms with E-state index in [1.807, 2.05) is 12.1 Å². The summed E-state index contributed by atoms with van der Waals surface area (Å²) in [7, 11) is 1.61. The van der Waals surface area contributed by atoms with Gasteiger partial charge in [0, 0.05) is 37.0 Å². The van der Waals surface area contributed by atoms with Crippen molar-refractivity contribution in [1.82, 2.24) is 5.32 Å². The number of hydrogen-bond acceptors (Lipinski definition) is 4. The summed E-state index contributed by atoms with van der Waals surface area (Å²) in [5, 5.41) is 2.68. The Labute approximate surface area is 112 Å². The van der Waals surface area contributed by atoms with Crippen molar-refractivity contribution in [3.63, 3.8) is 0 Å². The standard InChI is InChI=1S/C14H18N4O/c1-17-8-11(7-15)18-14(19)10-4-2-9(3-5-10)12-6-13(12)16/h2-5,7-8,12-13H,6,15-16H2,1H3,(H,18,19). The summed E-state index contributed by atoms with van der Waals surface area (Å²) >= 11 is 0. The lowest BCUT2D eigenvalue weighted by Crippen LogP contribution is -2.24. The molecule has 19 heavy (non-hydrogen) atoms. The highest BCUT2D eigenvalue weighted by atomic mass is 16.1. The third-order valence-corrected chi connectivity index (χ3v) is 3.15. The highest BCUT2D eigenvalue weighted by molar-refractivity contribution is 5.98. The minimum absolute atomic E-state index is 0.205. The van der Waals surface area contributed by atoms with Crippen molar-refractivity contribution in [2.45, 2.75) is 18.4 Å². The van der Waals surface area contributed by atoms with E-state index in [1.54, 1.807) is 19.2 Å². The number of nitrogens with one attached hydrogen (secondary N) is 1. The number of nitrogens with two attached hydrogens (primary N) is 2. The van der Waals surface area contributed by atoms with E-state index in [4.69, 9.17) is 11.5 Å². The van der Waals surface area contributed by atoms with Crippen LogP contribution in [0.3, 0.4) is 0 Å². The number of allylic oxidation sites excluding steroid dienone is 1. The predicted molar refractivity (Wildman–Crippen MR) is 75.9 cm³/mol. The van der Waals surface area contributed by atoms with E-state index in [-0.39, 0.29) is 11.9 Å². The van der Waals surface area contributed by atoms with Gasteiger partial charge in [-0.25, -0.2) is 0 Å². The molecule has 1 saturated carbocycles. The maximum Gasteiger partial charge on any atom is 0.255 e. The second kappa shape index (κ2) is 5.67. The summed E-state index contributed by atoms with van der Waals surface area (Å²) < 4.78 is 0. The highest BCUT2D eigenvalue weighted by Crippen LogP contribution is 2.38. The average Bonchev–Trinajstić information content (AvgIpc) is 3.15. The van der Waals surface area contributed by atoms with Crippen LogP contribution in [0, 0.1) is 0 Å². The van der Waals surface area contributed by atoms with Gasteiger partial charge in [0.15, 0.2) is 0 Å². The Morgan fingerprint density at radius 1 is 1.42 bits per heavy atom. The van der Waals surface area contributed by atoms with Gasteiger partial charge in [0.1, 0.15) is 0 Å². The molecule has 2 unspecified atom stereocenters. The summed E-state index contributed by atoms with van der Waals surface area (Å²) in [6.45, 7) is 0. The average molecular weight is 258 g/mol.